The number of hydrogen-bond acceptors (Lipinski definition) is 4. The Morgan fingerprint density at radius 1 is 1.33 bits per heavy atom. The lowest BCUT2D eigenvalue weighted by Crippen LogP contribution is -2.14. The minimum atomic E-state index is -0.824. The van der Waals surface area contributed by atoms with Crippen LogP contribution in [0.2, 0.25) is 0 Å². The first kappa shape index (κ1) is 11.6. The predicted octanol–water partition coefficient (Wildman–Crippen LogP) is 1.38. The summed E-state index contributed by atoms with van der Waals surface area (Å²) in [5.41, 5.74) is 6.00. The van der Waals surface area contributed by atoms with Crippen LogP contribution in [0, 0.1) is 0 Å². The van der Waals surface area contributed by atoms with E-state index in [4.69, 9.17) is 15.2 Å². The van der Waals surface area contributed by atoms with Crippen molar-refractivity contribution in [1.29, 1.82) is 0 Å². The monoisotopic (exact) mass is 215 g/mol. The number of ether oxygens (including phenoxy) is 2. The highest BCUT2D eigenvalue weighted by Crippen LogP contribution is 2.37. The lowest BCUT2D eigenvalue weighted by atomic mass is 10.1. The van der Waals surface area contributed by atoms with E-state index in [0.29, 0.717) is 17.1 Å². The highest BCUT2D eigenvalue weighted by Gasteiger charge is 2.18. The molecule has 5 heteroatoms. The van der Waals surface area contributed by atoms with Crippen LogP contribution < -0.4 is 15.2 Å². The minimum absolute atomic E-state index is 0.0153. The summed E-state index contributed by atoms with van der Waals surface area (Å²) in [6.07, 6.45) is 0. The van der Waals surface area contributed by atoms with Crippen LogP contribution in [0.25, 0.3) is 0 Å². The molecule has 0 amide bonds. The van der Waals surface area contributed by atoms with Gasteiger partial charge in [0.25, 0.3) is 0 Å². The van der Waals surface area contributed by atoms with Gasteiger partial charge in [-0.2, -0.15) is 0 Å². The van der Waals surface area contributed by atoms with Gasteiger partial charge in [0.2, 0.25) is 0 Å². The summed E-state index contributed by atoms with van der Waals surface area (Å²) in [6.45, 7) is -0.725. The van der Waals surface area contributed by atoms with E-state index in [-0.39, 0.29) is 5.75 Å². The molecule has 0 spiro atoms. The number of aromatic hydroxyl groups is 1. The number of phenols is 1. The van der Waals surface area contributed by atoms with Crippen molar-refractivity contribution in [3.05, 3.63) is 17.7 Å². The van der Waals surface area contributed by atoms with Crippen LogP contribution >= 0.6 is 0 Å². The molecule has 84 valence electrons. The molecule has 0 saturated carbocycles. The second-order valence-corrected chi connectivity index (χ2v) is 3.02. The Labute approximate surface area is 87.4 Å². The quantitative estimate of drug-likeness (QED) is 0.796. The summed E-state index contributed by atoms with van der Waals surface area (Å²) in [7, 11) is 2.84. The van der Waals surface area contributed by atoms with E-state index < -0.39 is 12.7 Å². The van der Waals surface area contributed by atoms with E-state index in [2.05, 4.69) is 0 Å². The van der Waals surface area contributed by atoms with Gasteiger partial charge in [0.05, 0.1) is 25.8 Å². The summed E-state index contributed by atoms with van der Waals surface area (Å²) in [6, 6.07) is 1.91. The van der Waals surface area contributed by atoms with E-state index >= 15 is 0 Å². The van der Waals surface area contributed by atoms with Crippen LogP contribution in [-0.4, -0.2) is 26.0 Å². The topological polar surface area (TPSA) is 64.7 Å². The highest BCUT2D eigenvalue weighted by molar-refractivity contribution is 5.51. The normalized spacial score (nSPS) is 12.3. The Bertz CT molecular complexity index is 318. The fraction of sp³-hybridized carbons (Fsp3) is 0.400. The van der Waals surface area contributed by atoms with Gasteiger partial charge in [0, 0.05) is 12.1 Å². The van der Waals surface area contributed by atoms with Crippen molar-refractivity contribution in [2.75, 3.05) is 20.9 Å². The lowest BCUT2D eigenvalue weighted by Gasteiger charge is -2.16. The summed E-state index contributed by atoms with van der Waals surface area (Å²) >= 11 is 0. The third kappa shape index (κ3) is 2.30. The maximum atomic E-state index is 12.5. The Hall–Kier alpha value is -1.49. The van der Waals surface area contributed by atoms with Crippen molar-refractivity contribution in [3.8, 4) is 17.2 Å². The number of phenolic OH excluding ortho intramolecular Hbond substituents is 1. The van der Waals surface area contributed by atoms with Crippen LogP contribution in [0.1, 0.15) is 11.6 Å². The van der Waals surface area contributed by atoms with E-state index in [9.17, 15) is 9.50 Å². The zero-order valence-corrected chi connectivity index (χ0v) is 8.66. The standard InChI is InChI=1S/C10H14FNO3/c1-14-8-3-6(13)4-9(15-2)10(8)7(12)5-11/h3-4,7,13H,5,12H2,1-2H3/t7-/m1/s1. The van der Waals surface area contributed by atoms with Gasteiger partial charge >= 0.3 is 0 Å². The van der Waals surface area contributed by atoms with Crippen molar-refractivity contribution in [2.45, 2.75) is 6.04 Å². The third-order valence-corrected chi connectivity index (χ3v) is 2.07. The van der Waals surface area contributed by atoms with Crippen molar-refractivity contribution >= 4 is 0 Å². The first-order chi connectivity index (χ1) is 7.13. The Morgan fingerprint density at radius 2 is 1.80 bits per heavy atom. The molecular weight excluding hydrogens is 201 g/mol. The molecule has 0 fully saturated rings. The molecule has 0 aliphatic carbocycles. The summed E-state index contributed by atoms with van der Waals surface area (Å²) < 4.78 is 22.5. The number of hydrogen-bond donors (Lipinski definition) is 2. The molecule has 0 aliphatic heterocycles. The molecule has 1 aromatic rings. The van der Waals surface area contributed by atoms with E-state index in [1.165, 1.54) is 26.4 Å². The molecule has 0 unspecified atom stereocenters. The van der Waals surface area contributed by atoms with E-state index in [1.807, 2.05) is 0 Å². The van der Waals surface area contributed by atoms with Crippen LogP contribution in [0.4, 0.5) is 4.39 Å². The molecule has 1 rings (SSSR count). The fourth-order valence-electron chi connectivity index (χ4n) is 1.37. The SMILES string of the molecule is COc1cc(O)cc(OC)c1[C@H](N)CF. The van der Waals surface area contributed by atoms with E-state index in [0.717, 1.165) is 0 Å². The molecule has 0 aliphatic rings. The first-order valence-corrected chi connectivity index (χ1v) is 4.40. The summed E-state index contributed by atoms with van der Waals surface area (Å²) in [5, 5.41) is 9.34. The third-order valence-electron chi connectivity index (χ3n) is 2.07. The molecule has 4 nitrogen and oxygen atoms in total. The van der Waals surface area contributed by atoms with Gasteiger partial charge in [0.1, 0.15) is 23.9 Å². The summed E-state index contributed by atoms with van der Waals surface area (Å²) in [4.78, 5) is 0. The number of methoxy groups -OCH3 is 2. The van der Waals surface area contributed by atoms with Crippen molar-refractivity contribution in [2.24, 2.45) is 5.73 Å². The summed E-state index contributed by atoms with van der Waals surface area (Å²) in [5.74, 6) is 0.618. The molecule has 0 aromatic heterocycles. The molecule has 1 aromatic carbocycles. The van der Waals surface area contributed by atoms with Crippen LogP contribution in [0.15, 0.2) is 12.1 Å². The van der Waals surface area contributed by atoms with Crippen LogP contribution in [0.5, 0.6) is 17.2 Å². The Balaban J connectivity index is 3.30. The Kier molecular flexibility index (Phi) is 3.74. The van der Waals surface area contributed by atoms with Crippen molar-refractivity contribution in [1.82, 2.24) is 0 Å². The van der Waals surface area contributed by atoms with Crippen molar-refractivity contribution in [3.63, 3.8) is 0 Å². The number of benzene rings is 1. The maximum Gasteiger partial charge on any atom is 0.131 e. The van der Waals surface area contributed by atoms with Gasteiger partial charge in [-0.15, -0.1) is 0 Å². The van der Waals surface area contributed by atoms with Gasteiger partial charge in [-0.05, 0) is 0 Å². The molecule has 0 saturated heterocycles. The predicted molar refractivity (Wildman–Crippen MR) is 54.1 cm³/mol. The van der Waals surface area contributed by atoms with Gasteiger partial charge in [0.15, 0.2) is 0 Å². The average molecular weight is 215 g/mol. The van der Waals surface area contributed by atoms with Crippen LogP contribution in [0.3, 0.4) is 0 Å². The number of nitrogens with two attached hydrogens (primary N) is 1. The second kappa shape index (κ2) is 4.84. The molecule has 0 heterocycles. The molecule has 1 atom stereocenters. The highest BCUT2D eigenvalue weighted by atomic mass is 19.1. The van der Waals surface area contributed by atoms with Crippen molar-refractivity contribution < 1.29 is 19.0 Å². The Morgan fingerprint density at radius 3 is 2.13 bits per heavy atom. The average Bonchev–Trinajstić information content (AvgIpc) is 2.26. The first-order valence-electron chi connectivity index (χ1n) is 4.40. The molecular formula is C10H14FNO3. The lowest BCUT2D eigenvalue weighted by molar-refractivity contribution is 0.356. The smallest absolute Gasteiger partial charge is 0.131 e. The molecule has 3 N–H and O–H groups in total. The molecule has 15 heavy (non-hydrogen) atoms. The second-order valence-electron chi connectivity index (χ2n) is 3.02. The minimum Gasteiger partial charge on any atom is -0.508 e. The molecule has 0 bridgehead atoms. The van der Waals surface area contributed by atoms with Gasteiger partial charge in [-0.25, -0.2) is 4.39 Å². The zero-order chi connectivity index (χ0) is 11.4. The van der Waals surface area contributed by atoms with Crippen LogP contribution in [-0.2, 0) is 0 Å². The van der Waals surface area contributed by atoms with Gasteiger partial charge in [-0.1, -0.05) is 0 Å². The van der Waals surface area contributed by atoms with Gasteiger partial charge < -0.3 is 20.3 Å². The zero-order valence-electron chi connectivity index (χ0n) is 8.66. The number of rotatable bonds is 4. The van der Waals surface area contributed by atoms with E-state index in [1.54, 1.807) is 0 Å². The fourth-order valence-corrected chi connectivity index (χ4v) is 1.37. The largest absolute Gasteiger partial charge is 0.508 e. The number of alkyl halides is 1. The molecule has 0 radical (unpaired) electrons. The van der Waals surface area contributed by atoms with Gasteiger partial charge in [-0.3, -0.25) is 0 Å². The maximum absolute atomic E-state index is 12.5. The number of halogens is 1.